The maximum Gasteiger partial charge on any atom is -0.00136 e. The van der Waals surface area contributed by atoms with E-state index in [2.05, 4.69) is 93.3 Å². The van der Waals surface area contributed by atoms with Crippen LogP contribution in [0.2, 0.25) is 0 Å². The highest BCUT2D eigenvalue weighted by Crippen LogP contribution is 2.41. The molecule has 0 heterocycles. The molecule has 32 heavy (non-hydrogen) atoms. The molecule has 2 aromatic carbocycles. The monoisotopic (exact) mass is 416 g/mol. The van der Waals surface area contributed by atoms with E-state index in [9.17, 15) is 0 Å². The number of aryl methyl sites for hydroxylation is 2. The van der Waals surface area contributed by atoms with Crippen LogP contribution >= 0.6 is 0 Å². The molecule has 0 spiro atoms. The van der Waals surface area contributed by atoms with Gasteiger partial charge in [0.25, 0.3) is 0 Å². The van der Waals surface area contributed by atoms with E-state index in [1.165, 1.54) is 61.3 Å². The second-order valence-corrected chi connectivity index (χ2v) is 9.10. The van der Waals surface area contributed by atoms with Gasteiger partial charge in [0.15, 0.2) is 0 Å². The van der Waals surface area contributed by atoms with Gasteiger partial charge >= 0.3 is 0 Å². The highest BCUT2D eigenvalue weighted by molar-refractivity contribution is 5.82. The summed E-state index contributed by atoms with van der Waals surface area (Å²) in [5.74, 6) is 0. The predicted octanol–water partition coefficient (Wildman–Crippen LogP) is 8.37. The first-order valence-electron chi connectivity index (χ1n) is 12.1. The van der Waals surface area contributed by atoms with Crippen molar-refractivity contribution in [2.75, 3.05) is 0 Å². The standard InChI is InChI=1S/C32H32/c1-4-23-18-27-20-29(21-28(27)19-24(23)5-2)31-15-9-13-26(31)17-22(3)30-14-10-16-32(30)25-11-7-6-8-12-25/h6-8,10-13,15-16,18-20H,3-5,9,14,17,21H2,1-2H3. The maximum atomic E-state index is 4.54. The Morgan fingerprint density at radius 2 is 1.75 bits per heavy atom. The SMILES string of the molecule is C=C(CC1=CCC=C1C1=Cc2cc(CC)c(CC)cc2C1)C1=C(c2ccccc2)C=CC1. The summed E-state index contributed by atoms with van der Waals surface area (Å²) in [5.41, 5.74) is 15.6. The smallest absolute Gasteiger partial charge is 0.00136 e. The molecule has 0 amide bonds. The molecule has 5 rings (SSSR count). The number of hydrogen-bond acceptors (Lipinski definition) is 0. The van der Waals surface area contributed by atoms with Crippen LogP contribution in [0.1, 0.15) is 60.9 Å². The lowest BCUT2D eigenvalue weighted by Gasteiger charge is -2.15. The largest absolute Gasteiger partial charge is 0.0952 e. The number of fused-ring (bicyclic) bond motifs is 1. The van der Waals surface area contributed by atoms with Gasteiger partial charge in [-0.05, 0) is 99.8 Å². The van der Waals surface area contributed by atoms with Crippen LogP contribution in [0.4, 0.5) is 0 Å². The van der Waals surface area contributed by atoms with Crippen molar-refractivity contribution in [3.05, 3.63) is 129 Å². The van der Waals surface area contributed by atoms with E-state index in [4.69, 9.17) is 0 Å². The Bertz CT molecular complexity index is 1220. The van der Waals surface area contributed by atoms with Crippen molar-refractivity contribution in [1.82, 2.24) is 0 Å². The first kappa shape index (κ1) is 20.8. The molecule has 0 aliphatic heterocycles. The van der Waals surface area contributed by atoms with Gasteiger partial charge in [0, 0.05) is 0 Å². The predicted molar refractivity (Wildman–Crippen MR) is 139 cm³/mol. The van der Waals surface area contributed by atoms with Gasteiger partial charge in [0.2, 0.25) is 0 Å². The highest BCUT2D eigenvalue weighted by Gasteiger charge is 2.23. The molecule has 160 valence electrons. The van der Waals surface area contributed by atoms with E-state index in [-0.39, 0.29) is 0 Å². The Morgan fingerprint density at radius 3 is 2.53 bits per heavy atom. The molecule has 0 radical (unpaired) electrons. The number of rotatable bonds is 7. The lowest BCUT2D eigenvalue weighted by Crippen LogP contribution is -1.98. The average molecular weight is 417 g/mol. The Hall–Kier alpha value is -3.12. The van der Waals surface area contributed by atoms with Gasteiger partial charge in [0.1, 0.15) is 0 Å². The molecule has 0 atom stereocenters. The lowest BCUT2D eigenvalue weighted by atomic mass is 9.89. The Morgan fingerprint density at radius 1 is 0.969 bits per heavy atom. The normalized spacial score (nSPS) is 16.9. The fourth-order valence-electron chi connectivity index (χ4n) is 5.45. The van der Waals surface area contributed by atoms with Crippen LogP contribution in [0.3, 0.4) is 0 Å². The molecule has 0 bridgehead atoms. The molecular weight excluding hydrogens is 384 g/mol. The zero-order valence-corrected chi connectivity index (χ0v) is 19.4. The third kappa shape index (κ3) is 3.79. The van der Waals surface area contributed by atoms with Crippen LogP contribution < -0.4 is 0 Å². The van der Waals surface area contributed by atoms with Crippen LogP contribution in [-0.2, 0) is 19.3 Å². The van der Waals surface area contributed by atoms with Gasteiger partial charge in [-0.3, -0.25) is 0 Å². The van der Waals surface area contributed by atoms with Crippen molar-refractivity contribution in [2.45, 2.75) is 52.4 Å². The molecule has 2 aromatic rings. The third-order valence-corrected chi connectivity index (χ3v) is 7.16. The first-order chi connectivity index (χ1) is 15.7. The second kappa shape index (κ2) is 8.79. The van der Waals surface area contributed by atoms with Crippen molar-refractivity contribution in [3.63, 3.8) is 0 Å². The quantitative estimate of drug-likeness (QED) is 0.425. The van der Waals surface area contributed by atoms with Crippen LogP contribution in [0.5, 0.6) is 0 Å². The minimum absolute atomic E-state index is 0.938. The van der Waals surface area contributed by atoms with Crippen molar-refractivity contribution in [3.8, 4) is 0 Å². The summed E-state index contributed by atoms with van der Waals surface area (Å²) in [6.07, 6.45) is 18.1. The minimum Gasteiger partial charge on any atom is -0.0952 e. The van der Waals surface area contributed by atoms with Gasteiger partial charge < -0.3 is 0 Å². The summed E-state index contributed by atoms with van der Waals surface area (Å²) in [6, 6.07) is 15.6. The van der Waals surface area contributed by atoms with Crippen LogP contribution in [-0.4, -0.2) is 0 Å². The zero-order valence-electron chi connectivity index (χ0n) is 19.4. The van der Waals surface area contributed by atoms with Gasteiger partial charge in [-0.2, -0.15) is 0 Å². The minimum atomic E-state index is 0.938. The second-order valence-electron chi connectivity index (χ2n) is 9.10. The van der Waals surface area contributed by atoms with Crippen LogP contribution in [0, 0.1) is 0 Å². The number of allylic oxidation sites excluding steroid dienone is 10. The molecule has 0 N–H and O–H groups in total. The van der Waals surface area contributed by atoms with E-state index in [1.54, 1.807) is 0 Å². The summed E-state index contributed by atoms with van der Waals surface area (Å²) in [6.45, 7) is 9.07. The number of benzene rings is 2. The summed E-state index contributed by atoms with van der Waals surface area (Å²) in [5, 5.41) is 0. The summed E-state index contributed by atoms with van der Waals surface area (Å²) in [4.78, 5) is 0. The number of hydrogen-bond donors (Lipinski definition) is 0. The van der Waals surface area contributed by atoms with Crippen molar-refractivity contribution >= 4 is 11.6 Å². The summed E-state index contributed by atoms with van der Waals surface area (Å²) < 4.78 is 0. The van der Waals surface area contributed by atoms with E-state index >= 15 is 0 Å². The van der Waals surface area contributed by atoms with Gasteiger partial charge in [-0.25, -0.2) is 0 Å². The maximum absolute atomic E-state index is 4.54. The van der Waals surface area contributed by atoms with E-state index in [1.807, 2.05) is 0 Å². The van der Waals surface area contributed by atoms with Crippen molar-refractivity contribution < 1.29 is 0 Å². The lowest BCUT2D eigenvalue weighted by molar-refractivity contribution is 1.02. The highest BCUT2D eigenvalue weighted by atomic mass is 14.3. The van der Waals surface area contributed by atoms with Gasteiger partial charge in [-0.1, -0.05) is 93.3 Å². The molecule has 0 heteroatoms. The molecule has 0 aromatic heterocycles. The third-order valence-electron chi connectivity index (χ3n) is 7.16. The molecule has 0 unspecified atom stereocenters. The van der Waals surface area contributed by atoms with Crippen LogP contribution in [0.25, 0.3) is 11.6 Å². The fraction of sp³-hybridized carbons (Fsp3) is 0.250. The molecular formula is C32H32. The molecule has 3 aliphatic rings. The van der Waals surface area contributed by atoms with Crippen LogP contribution in [0.15, 0.2) is 101 Å². The topological polar surface area (TPSA) is 0 Å². The van der Waals surface area contributed by atoms with Gasteiger partial charge in [-0.15, -0.1) is 0 Å². The fourth-order valence-corrected chi connectivity index (χ4v) is 5.45. The Balaban J connectivity index is 1.36. The van der Waals surface area contributed by atoms with Crippen molar-refractivity contribution in [2.24, 2.45) is 0 Å². The molecule has 0 fully saturated rings. The Kier molecular flexibility index (Phi) is 5.70. The van der Waals surface area contributed by atoms with Crippen molar-refractivity contribution in [1.29, 1.82) is 0 Å². The molecule has 0 saturated carbocycles. The summed E-state index contributed by atoms with van der Waals surface area (Å²) >= 11 is 0. The zero-order chi connectivity index (χ0) is 22.1. The summed E-state index contributed by atoms with van der Waals surface area (Å²) in [7, 11) is 0. The molecule has 0 saturated heterocycles. The van der Waals surface area contributed by atoms with E-state index < -0.39 is 0 Å². The molecule has 3 aliphatic carbocycles. The first-order valence-corrected chi connectivity index (χ1v) is 12.1. The van der Waals surface area contributed by atoms with E-state index in [0.29, 0.717) is 0 Å². The average Bonchev–Trinajstić information content (AvgIpc) is 3.57. The Labute approximate surface area is 193 Å². The molecule has 0 nitrogen and oxygen atoms in total. The van der Waals surface area contributed by atoms with Gasteiger partial charge in [0.05, 0.1) is 0 Å². The van der Waals surface area contributed by atoms with E-state index in [0.717, 1.165) is 38.5 Å².